The van der Waals surface area contributed by atoms with Gasteiger partial charge in [0.15, 0.2) is 11.5 Å². The molecule has 1 aromatic carbocycles. The molecule has 1 N–H and O–H groups in total. The lowest BCUT2D eigenvalue weighted by molar-refractivity contribution is 0.171. The lowest BCUT2D eigenvalue weighted by Gasteiger charge is -2.22. The number of ether oxygens (including phenoxy) is 2. The van der Waals surface area contributed by atoms with Crippen LogP contribution in [0.15, 0.2) is 17.0 Å². The first-order valence-electron chi connectivity index (χ1n) is 8.00. The number of benzene rings is 1. The lowest BCUT2D eigenvalue weighted by atomic mass is 10.1. The number of nitrogens with one attached hydrogen (secondary N) is 1. The Hall–Kier alpha value is -0.870. The molecule has 1 aliphatic heterocycles. The van der Waals surface area contributed by atoms with Crippen molar-refractivity contribution in [2.24, 2.45) is 5.92 Å². The quantitative estimate of drug-likeness (QED) is 0.775. The van der Waals surface area contributed by atoms with Gasteiger partial charge in [0, 0.05) is 17.5 Å². The molecule has 1 aliphatic carbocycles. The average molecular weight is 307 g/mol. The third kappa shape index (κ3) is 3.86. The predicted molar refractivity (Wildman–Crippen MR) is 87.5 cm³/mol. The molecule has 4 heteroatoms. The molecule has 2 aliphatic rings. The number of hydrogen-bond acceptors (Lipinski definition) is 4. The summed E-state index contributed by atoms with van der Waals surface area (Å²) in [6.45, 7) is 4.49. The molecule has 1 fully saturated rings. The van der Waals surface area contributed by atoms with Gasteiger partial charge in [-0.05, 0) is 42.7 Å². The van der Waals surface area contributed by atoms with Crippen LogP contribution in [0, 0.1) is 5.92 Å². The van der Waals surface area contributed by atoms with Gasteiger partial charge in [0.1, 0.15) is 13.2 Å². The van der Waals surface area contributed by atoms with Crippen LogP contribution < -0.4 is 14.8 Å². The summed E-state index contributed by atoms with van der Waals surface area (Å²) in [7, 11) is 0. The molecular weight excluding hydrogens is 282 g/mol. The highest BCUT2D eigenvalue weighted by Crippen LogP contribution is 2.37. The molecule has 116 valence electrons. The van der Waals surface area contributed by atoms with Crippen LogP contribution in [0.2, 0.25) is 0 Å². The third-order valence-corrected chi connectivity index (χ3v) is 5.15. The maximum absolute atomic E-state index is 5.71. The van der Waals surface area contributed by atoms with Crippen LogP contribution in [0.3, 0.4) is 0 Å². The van der Waals surface area contributed by atoms with E-state index < -0.39 is 0 Å². The molecule has 1 atom stereocenters. The minimum Gasteiger partial charge on any atom is -0.486 e. The van der Waals surface area contributed by atoms with Gasteiger partial charge in [0.2, 0.25) is 0 Å². The van der Waals surface area contributed by atoms with Crippen LogP contribution in [0.4, 0.5) is 0 Å². The fourth-order valence-corrected chi connectivity index (χ4v) is 3.46. The molecule has 0 bridgehead atoms. The maximum atomic E-state index is 5.71. The summed E-state index contributed by atoms with van der Waals surface area (Å²) >= 11 is 1.78. The van der Waals surface area contributed by atoms with Gasteiger partial charge in [-0.25, -0.2) is 0 Å². The van der Waals surface area contributed by atoms with Gasteiger partial charge in [-0.15, -0.1) is 11.8 Å². The Morgan fingerprint density at radius 2 is 1.95 bits per heavy atom. The summed E-state index contributed by atoms with van der Waals surface area (Å²) in [5, 5.41) is 3.73. The number of hydrogen-bond donors (Lipinski definition) is 1. The van der Waals surface area contributed by atoms with E-state index in [2.05, 4.69) is 30.6 Å². The Balaban J connectivity index is 1.67. The van der Waals surface area contributed by atoms with Crippen LogP contribution in [-0.4, -0.2) is 25.5 Å². The van der Waals surface area contributed by atoms with Crippen LogP contribution in [-0.2, 0) is 6.54 Å². The first-order chi connectivity index (χ1) is 10.3. The zero-order valence-electron chi connectivity index (χ0n) is 13.0. The second-order valence-electron chi connectivity index (χ2n) is 5.97. The molecule has 1 unspecified atom stereocenters. The highest BCUT2D eigenvalue weighted by atomic mass is 32.2. The van der Waals surface area contributed by atoms with E-state index in [0.29, 0.717) is 19.3 Å². The van der Waals surface area contributed by atoms with Gasteiger partial charge in [-0.3, -0.25) is 0 Å². The molecule has 3 nitrogen and oxygen atoms in total. The summed E-state index contributed by atoms with van der Waals surface area (Å²) in [5.41, 5.74) is 1.32. The van der Waals surface area contributed by atoms with E-state index in [1.165, 1.54) is 36.1 Å². The number of thioether (sulfide) groups is 1. The van der Waals surface area contributed by atoms with Gasteiger partial charge in [0.25, 0.3) is 0 Å². The van der Waals surface area contributed by atoms with E-state index in [4.69, 9.17) is 9.47 Å². The summed E-state index contributed by atoms with van der Waals surface area (Å²) in [5.74, 6) is 2.76. The zero-order valence-corrected chi connectivity index (χ0v) is 13.8. The molecule has 0 aromatic heterocycles. The Labute approximate surface area is 131 Å². The monoisotopic (exact) mass is 307 g/mol. The minimum atomic E-state index is 0.639. The third-order valence-electron chi connectivity index (χ3n) is 4.33. The molecule has 1 aromatic rings. The van der Waals surface area contributed by atoms with Crippen molar-refractivity contribution in [1.29, 1.82) is 0 Å². The number of rotatable bonds is 7. The molecule has 0 radical (unpaired) electrons. The first kappa shape index (κ1) is 15.0. The lowest BCUT2D eigenvalue weighted by Crippen LogP contribution is -2.28. The maximum Gasteiger partial charge on any atom is 0.162 e. The van der Waals surface area contributed by atoms with Gasteiger partial charge in [-0.1, -0.05) is 19.8 Å². The van der Waals surface area contributed by atoms with Crippen molar-refractivity contribution in [3.63, 3.8) is 0 Å². The first-order valence-corrected chi connectivity index (χ1v) is 9.22. The molecule has 0 spiro atoms. The Bertz CT molecular complexity index is 488. The van der Waals surface area contributed by atoms with Crippen molar-refractivity contribution in [2.45, 2.75) is 50.1 Å². The Morgan fingerprint density at radius 3 is 2.57 bits per heavy atom. The highest BCUT2D eigenvalue weighted by molar-refractivity contribution is 7.98. The molecular formula is C17H25NO2S. The van der Waals surface area contributed by atoms with Gasteiger partial charge in [-0.2, -0.15) is 0 Å². The van der Waals surface area contributed by atoms with Crippen LogP contribution >= 0.6 is 11.8 Å². The fourth-order valence-electron chi connectivity index (χ4n) is 2.84. The van der Waals surface area contributed by atoms with Gasteiger partial charge < -0.3 is 14.8 Å². The molecule has 0 saturated heterocycles. The summed E-state index contributed by atoms with van der Waals surface area (Å²) in [6, 6.07) is 4.91. The normalized spacial score (nSPS) is 18.6. The van der Waals surface area contributed by atoms with Crippen LogP contribution in [0.1, 0.15) is 38.2 Å². The second-order valence-corrected chi connectivity index (χ2v) is 6.82. The van der Waals surface area contributed by atoms with E-state index >= 15 is 0 Å². The van der Waals surface area contributed by atoms with Crippen molar-refractivity contribution < 1.29 is 9.47 Å². The predicted octanol–water partition coefficient (Wildman–Crippen LogP) is 3.85. The average Bonchev–Trinajstić information content (AvgIpc) is 3.34. The number of fused-ring (bicyclic) bond motifs is 1. The smallest absolute Gasteiger partial charge is 0.162 e. The second kappa shape index (κ2) is 6.93. The van der Waals surface area contributed by atoms with E-state index in [-0.39, 0.29) is 0 Å². The largest absolute Gasteiger partial charge is 0.486 e. The van der Waals surface area contributed by atoms with Crippen molar-refractivity contribution in [1.82, 2.24) is 5.32 Å². The molecule has 0 amide bonds. The Morgan fingerprint density at radius 1 is 1.24 bits per heavy atom. The summed E-state index contributed by atoms with van der Waals surface area (Å²) < 4.78 is 11.4. The molecule has 1 saturated carbocycles. The fraction of sp³-hybridized carbons (Fsp3) is 0.647. The highest BCUT2D eigenvalue weighted by Gasteiger charge is 2.24. The van der Waals surface area contributed by atoms with Crippen molar-refractivity contribution >= 4 is 11.8 Å². The van der Waals surface area contributed by atoms with Crippen molar-refractivity contribution in [3.8, 4) is 11.5 Å². The molecule has 3 rings (SSSR count). The van der Waals surface area contributed by atoms with Gasteiger partial charge >= 0.3 is 0 Å². The van der Waals surface area contributed by atoms with Crippen LogP contribution in [0.25, 0.3) is 0 Å². The summed E-state index contributed by atoms with van der Waals surface area (Å²) in [6.07, 6.45) is 7.51. The van der Waals surface area contributed by atoms with E-state index in [9.17, 15) is 0 Å². The van der Waals surface area contributed by atoms with Crippen molar-refractivity contribution in [2.75, 3.05) is 19.5 Å². The van der Waals surface area contributed by atoms with E-state index in [1.54, 1.807) is 11.8 Å². The van der Waals surface area contributed by atoms with Crippen molar-refractivity contribution in [3.05, 3.63) is 17.7 Å². The molecule has 21 heavy (non-hydrogen) atoms. The SMILES string of the molecule is CCC(CC1CC1)NCc1cc2c(cc1SC)OCCO2. The van der Waals surface area contributed by atoms with E-state index in [0.717, 1.165) is 24.0 Å². The van der Waals surface area contributed by atoms with Crippen LogP contribution in [0.5, 0.6) is 11.5 Å². The minimum absolute atomic E-state index is 0.639. The summed E-state index contributed by atoms with van der Waals surface area (Å²) in [4.78, 5) is 1.29. The standard InChI is InChI=1S/C17H25NO2S/c1-3-14(8-12-4-5-12)18-11-13-9-15-16(10-17(13)21-2)20-7-6-19-15/h9-10,12,14,18H,3-8,11H2,1-2H3. The Kier molecular flexibility index (Phi) is 4.96. The topological polar surface area (TPSA) is 30.5 Å². The van der Waals surface area contributed by atoms with Gasteiger partial charge in [0.05, 0.1) is 0 Å². The van der Waals surface area contributed by atoms with E-state index in [1.807, 2.05) is 0 Å². The zero-order chi connectivity index (χ0) is 14.7. The molecule has 1 heterocycles.